The maximum Gasteiger partial charge on any atom is 0.328 e. The van der Waals surface area contributed by atoms with Crippen LogP contribution in [0, 0.1) is 0 Å². The van der Waals surface area contributed by atoms with Crippen molar-refractivity contribution in [1.82, 2.24) is 10.2 Å². The van der Waals surface area contributed by atoms with E-state index in [0.29, 0.717) is 12.5 Å². The van der Waals surface area contributed by atoms with Crippen LogP contribution < -0.4 is 5.32 Å². The lowest BCUT2D eigenvalue weighted by atomic mass is 9.86. The standard InChI is InChI=1S/C17H26N2O2/c1-3-19(4-2)13-12-17(16(20)21,18-15-10-11-15)14-8-6-5-7-9-14/h5-9,15,18H,3-4,10-13H2,1-2H3,(H,20,21). The third kappa shape index (κ3) is 3.83. The van der Waals surface area contributed by atoms with Crippen LogP contribution in [-0.4, -0.2) is 41.7 Å². The number of rotatable bonds is 9. The summed E-state index contributed by atoms with van der Waals surface area (Å²) in [5.41, 5.74) is -0.109. The first kappa shape index (κ1) is 16.0. The third-order valence-corrected chi connectivity index (χ3v) is 4.36. The molecular formula is C17H26N2O2. The number of nitrogens with one attached hydrogen (secondary N) is 1. The molecule has 1 aromatic carbocycles. The van der Waals surface area contributed by atoms with Gasteiger partial charge in [-0.2, -0.15) is 0 Å². The molecule has 1 fully saturated rings. The Morgan fingerprint density at radius 2 is 1.90 bits per heavy atom. The Morgan fingerprint density at radius 3 is 2.38 bits per heavy atom. The molecule has 21 heavy (non-hydrogen) atoms. The Balaban J connectivity index is 2.24. The zero-order valence-corrected chi connectivity index (χ0v) is 13.0. The highest BCUT2D eigenvalue weighted by Crippen LogP contribution is 2.32. The van der Waals surface area contributed by atoms with Crippen LogP contribution in [0.1, 0.15) is 38.7 Å². The molecule has 1 atom stereocenters. The largest absolute Gasteiger partial charge is 0.480 e. The molecule has 2 rings (SSSR count). The SMILES string of the molecule is CCN(CC)CCC(NC1CC1)(C(=O)O)c1ccccc1. The van der Waals surface area contributed by atoms with E-state index < -0.39 is 11.5 Å². The van der Waals surface area contributed by atoms with Crippen molar-refractivity contribution < 1.29 is 9.90 Å². The summed E-state index contributed by atoms with van der Waals surface area (Å²) in [5.74, 6) is -0.771. The number of carbonyl (C=O) groups is 1. The van der Waals surface area contributed by atoms with Crippen LogP contribution in [0.5, 0.6) is 0 Å². The van der Waals surface area contributed by atoms with Gasteiger partial charge in [0.15, 0.2) is 0 Å². The molecule has 0 saturated heterocycles. The average Bonchev–Trinajstić information content (AvgIpc) is 3.31. The van der Waals surface area contributed by atoms with E-state index in [2.05, 4.69) is 24.1 Å². The van der Waals surface area contributed by atoms with Crippen molar-refractivity contribution in [2.45, 2.75) is 44.7 Å². The molecule has 4 nitrogen and oxygen atoms in total. The zero-order valence-electron chi connectivity index (χ0n) is 13.0. The molecule has 116 valence electrons. The number of hydrogen-bond acceptors (Lipinski definition) is 3. The van der Waals surface area contributed by atoms with Crippen LogP contribution in [0.25, 0.3) is 0 Å². The van der Waals surface area contributed by atoms with Gasteiger partial charge in [-0.25, -0.2) is 4.79 Å². The quantitative estimate of drug-likeness (QED) is 0.733. The van der Waals surface area contributed by atoms with Crippen LogP contribution in [-0.2, 0) is 10.3 Å². The highest BCUT2D eigenvalue weighted by atomic mass is 16.4. The minimum atomic E-state index is -0.967. The summed E-state index contributed by atoms with van der Waals surface area (Å²) >= 11 is 0. The van der Waals surface area contributed by atoms with Gasteiger partial charge in [-0.1, -0.05) is 44.2 Å². The molecule has 0 heterocycles. The summed E-state index contributed by atoms with van der Waals surface area (Å²) in [4.78, 5) is 14.4. The maximum atomic E-state index is 12.1. The van der Waals surface area contributed by atoms with E-state index in [1.165, 1.54) is 0 Å². The molecule has 0 aromatic heterocycles. The third-order valence-electron chi connectivity index (χ3n) is 4.36. The fourth-order valence-corrected chi connectivity index (χ4v) is 2.76. The minimum absolute atomic E-state index is 0.345. The smallest absolute Gasteiger partial charge is 0.328 e. The lowest BCUT2D eigenvalue weighted by Crippen LogP contribution is -2.52. The van der Waals surface area contributed by atoms with Gasteiger partial charge in [0.25, 0.3) is 0 Å². The summed E-state index contributed by atoms with van der Waals surface area (Å²) in [6.45, 7) is 6.91. The van der Waals surface area contributed by atoms with Crippen LogP contribution >= 0.6 is 0 Å². The van der Waals surface area contributed by atoms with Gasteiger partial charge in [-0.15, -0.1) is 0 Å². The highest BCUT2D eigenvalue weighted by Gasteiger charge is 2.43. The second-order valence-electron chi connectivity index (χ2n) is 5.77. The molecule has 1 aliphatic carbocycles. The molecule has 0 radical (unpaired) electrons. The lowest BCUT2D eigenvalue weighted by Gasteiger charge is -2.33. The Kier molecular flexibility index (Phi) is 5.37. The van der Waals surface area contributed by atoms with Crippen molar-refractivity contribution in [3.05, 3.63) is 35.9 Å². The second kappa shape index (κ2) is 7.05. The zero-order chi connectivity index (χ0) is 15.3. The normalized spacial score (nSPS) is 17.7. The van der Waals surface area contributed by atoms with Gasteiger partial charge >= 0.3 is 5.97 Å². The number of nitrogens with zero attached hydrogens (tertiary/aromatic N) is 1. The van der Waals surface area contributed by atoms with E-state index in [0.717, 1.165) is 38.0 Å². The first-order valence-electron chi connectivity index (χ1n) is 7.91. The average molecular weight is 290 g/mol. The molecule has 0 spiro atoms. The summed E-state index contributed by atoms with van der Waals surface area (Å²) in [6.07, 6.45) is 2.74. The molecule has 1 aromatic rings. The van der Waals surface area contributed by atoms with Crippen molar-refractivity contribution in [3.8, 4) is 0 Å². The number of aliphatic carboxylic acids is 1. The first-order valence-corrected chi connectivity index (χ1v) is 7.91. The Hall–Kier alpha value is -1.39. The molecule has 2 N–H and O–H groups in total. The minimum Gasteiger partial charge on any atom is -0.480 e. The predicted octanol–water partition coefficient (Wildman–Crippen LogP) is 2.45. The van der Waals surface area contributed by atoms with Gasteiger partial charge in [-0.05, 0) is 37.9 Å². The summed E-state index contributed by atoms with van der Waals surface area (Å²) in [7, 11) is 0. The Labute approximate surface area is 127 Å². The van der Waals surface area contributed by atoms with Crippen LogP contribution in [0.2, 0.25) is 0 Å². The van der Waals surface area contributed by atoms with Gasteiger partial charge in [0, 0.05) is 12.6 Å². The fraction of sp³-hybridized carbons (Fsp3) is 0.588. The van der Waals surface area contributed by atoms with E-state index in [4.69, 9.17) is 0 Å². The molecule has 1 saturated carbocycles. The van der Waals surface area contributed by atoms with Gasteiger partial charge < -0.3 is 10.0 Å². The summed E-state index contributed by atoms with van der Waals surface area (Å²) < 4.78 is 0. The number of carboxylic acids is 1. The van der Waals surface area contributed by atoms with Gasteiger partial charge in [0.2, 0.25) is 0 Å². The Morgan fingerprint density at radius 1 is 1.29 bits per heavy atom. The van der Waals surface area contributed by atoms with Crippen molar-refractivity contribution in [2.24, 2.45) is 0 Å². The number of benzene rings is 1. The lowest BCUT2D eigenvalue weighted by molar-refractivity contribution is -0.146. The van der Waals surface area contributed by atoms with Crippen LogP contribution in [0.3, 0.4) is 0 Å². The Bertz CT molecular complexity index is 455. The van der Waals surface area contributed by atoms with Gasteiger partial charge in [-0.3, -0.25) is 5.32 Å². The van der Waals surface area contributed by atoms with Crippen molar-refractivity contribution in [2.75, 3.05) is 19.6 Å². The monoisotopic (exact) mass is 290 g/mol. The van der Waals surface area contributed by atoms with E-state index in [1.54, 1.807) is 0 Å². The number of hydrogen-bond donors (Lipinski definition) is 2. The molecule has 0 aliphatic heterocycles. The molecule has 0 amide bonds. The van der Waals surface area contributed by atoms with Gasteiger partial charge in [0.1, 0.15) is 5.54 Å². The van der Waals surface area contributed by atoms with Crippen molar-refractivity contribution >= 4 is 5.97 Å². The molecule has 4 heteroatoms. The molecule has 1 aliphatic rings. The predicted molar refractivity (Wildman–Crippen MR) is 84.3 cm³/mol. The van der Waals surface area contributed by atoms with Crippen LogP contribution in [0.15, 0.2) is 30.3 Å². The summed E-state index contributed by atoms with van der Waals surface area (Å²) in [6, 6.07) is 9.95. The van der Waals surface area contributed by atoms with E-state index >= 15 is 0 Å². The number of carboxylic acid groups (broad SMARTS) is 1. The highest BCUT2D eigenvalue weighted by molar-refractivity contribution is 5.81. The topological polar surface area (TPSA) is 52.6 Å². The maximum absolute atomic E-state index is 12.1. The van der Waals surface area contributed by atoms with Gasteiger partial charge in [0.05, 0.1) is 0 Å². The van der Waals surface area contributed by atoms with Crippen molar-refractivity contribution in [3.63, 3.8) is 0 Å². The molecule has 0 bridgehead atoms. The summed E-state index contributed by atoms with van der Waals surface area (Å²) in [5, 5.41) is 13.3. The van der Waals surface area contributed by atoms with E-state index in [9.17, 15) is 9.90 Å². The molecule has 1 unspecified atom stereocenters. The first-order chi connectivity index (χ1) is 10.1. The second-order valence-corrected chi connectivity index (χ2v) is 5.77. The van der Waals surface area contributed by atoms with Crippen LogP contribution in [0.4, 0.5) is 0 Å². The molecular weight excluding hydrogens is 264 g/mol. The van der Waals surface area contributed by atoms with Crippen molar-refractivity contribution in [1.29, 1.82) is 0 Å². The van der Waals surface area contributed by atoms with E-state index in [-0.39, 0.29) is 0 Å². The fourth-order valence-electron chi connectivity index (χ4n) is 2.76. The van der Waals surface area contributed by atoms with E-state index in [1.807, 2.05) is 30.3 Å².